The fraction of sp³-hybridized carbons (Fsp3) is 0.308. The Balaban J connectivity index is 2.18. The maximum absolute atomic E-state index is 10.3. The summed E-state index contributed by atoms with van der Waals surface area (Å²) in [6, 6.07) is 7.32. The van der Waals surface area contributed by atoms with Gasteiger partial charge in [-0.1, -0.05) is 29.8 Å². The summed E-state index contributed by atoms with van der Waals surface area (Å²) in [7, 11) is 1.61. The first-order chi connectivity index (χ1) is 9.22. The Hall–Kier alpha value is -1.14. The lowest BCUT2D eigenvalue weighted by molar-refractivity contribution is 0.142. The third kappa shape index (κ3) is 3.67. The quantitative estimate of drug-likeness (QED) is 0.833. The second-order valence-electron chi connectivity index (χ2n) is 3.78. The van der Waals surface area contributed by atoms with Gasteiger partial charge in [-0.25, -0.2) is 4.98 Å². The number of ether oxygens (including phenoxy) is 2. The number of halogens is 1. The van der Waals surface area contributed by atoms with Crippen LogP contribution in [-0.2, 0) is 4.74 Å². The van der Waals surface area contributed by atoms with E-state index in [-0.39, 0.29) is 0 Å². The number of rotatable bonds is 6. The molecule has 4 nitrogen and oxygen atoms in total. The van der Waals surface area contributed by atoms with Gasteiger partial charge in [-0.2, -0.15) is 0 Å². The molecule has 0 saturated carbocycles. The van der Waals surface area contributed by atoms with Crippen molar-refractivity contribution in [1.82, 2.24) is 4.98 Å². The minimum atomic E-state index is -0.837. The molecule has 0 aliphatic carbocycles. The molecule has 6 heteroatoms. The first-order valence-electron chi connectivity index (χ1n) is 5.72. The number of aliphatic hydroxyl groups excluding tert-OH is 1. The molecule has 0 bridgehead atoms. The average molecular weight is 300 g/mol. The zero-order valence-corrected chi connectivity index (χ0v) is 11.9. The van der Waals surface area contributed by atoms with E-state index in [1.54, 1.807) is 7.11 Å². The zero-order chi connectivity index (χ0) is 13.7. The van der Waals surface area contributed by atoms with Gasteiger partial charge in [0.05, 0.1) is 12.8 Å². The van der Waals surface area contributed by atoms with Crippen LogP contribution >= 0.6 is 22.9 Å². The predicted octanol–water partition coefficient (Wildman–Crippen LogP) is 2.90. The lowest BCUT2D eigenvalue weighted by Crippen LogP contribution is -2.08. The van der Waals surface area contributed by atoms with Crippen LogP contribution in [0.3, 0.4) is 0 Å². The van der Waals surface area contributed by atoms with Gasteiger partial charge < -0.3 is 14.6 Å². The first-order valence-corrected chi connectivity index (χ1v) is 6.91. The van der Waals surface area contributed by atoms with Crippen molar-refractivity contribution < 1.29 is 14.6 Å². The maximum atomic E-state index is 10.3. The second-order valence-corrected chi connectivity index (χ2v) is 5.48. The summed E-state index contributed by atoms with van der Waals surface area (Å²) < 4.78 is 11.1. The standard InChI is InChI=1S/C13H14ClNO3S/c1-17-6-7-18-10-5-3-2-4-9(10)12(16)13-15-8-11(14)19-13/h2-5,8,12,16H,6-7H2,1H3. The van der Waals surface area contributed by atoms with Gasteiger partial charge in [0.25, 0.3) is 0 Å². The number of hydrogen-bond donors (Lipinski definition) is 1. The van der Waals surface area contributed by atoms with Crippen molar-refractivity contribution in [3.63, 3.8) is 0 Å². The van der Waals surface area contributed by atoms with E-state index in [0.717, 1.165) is 0 Å². The highest BCUT2D eigenvalue weighted by Crippen LogP contribution is 2.33. The molecule has 0 saturated heterocycles. The van der Waals surface area contributed by atoms with Crippen LogP contribution in [0.5, 0.6) is 5.75 Å². The van der Waals surface area contributed by atoms with Crippen LogP contribution in [0.2, 0.25) is 4.34 Å². The minimum absolute atomic E-state index is 0.429. The fourth-order valence-electron chi connectivity index (χ4n) is 1.60. The summed E-state index contributed by atoms with van der Waals surface area (Å²) >= 11 is 7.08. The van der Waals surface area contributed by atoms with Crippen LogP contribution in [0.4, 0.5) is 0 Å². The SMILES string of the molecule is COCCOc1ccccc1C(O)c1ncc(Cl)s1. The van der Waals surface area contributed by atoms with Gasteiger partial charge in [-0.05, 0) is 6.07 Å². The topological polar surface area (TPSA) is 51.6 Å². The highest BCUT2D eigenvalue weighted by Gasteiger charge is 2.18. The van der Waals surface area contributed by atoms with E-state index in [2.05, 4.69) is 4.98 Å². The van der Waals surface area contributed by atoms with Crippen molar-refractivity contribution in [1.29, 1.82) is 0 Å². The normalized spacial score (nSPS) is 12.4. The molecule has 0 fully saturated rings. The molecule has 2 aromatic rings. The molecule has 0 radical (unpaired) electrons. The molecule has 1 aromatic heterocycles. The van der Waals surface area contributed by atoms with Gasteiger partial charge in [0.15, 0.2) is 0 Å². The smallest absolute Gasteiger partial charge is 0.134 e. The number of para-hydroxylation sites is 1. The number of aliphatic hydroxyl groups is 1. The fourth-order valence-corrected chi connectivity index (χ4v) is 2.53. The summed E-state index contributed by atoms with van der Waals surface area (Å²) in [6.45, 7) is 0.923. The summed E-state index contributed by atoms with van der Waals surface area (Å²) in [5.74, 6) is 0.623. The second kappa shape index (κ2) is 6.86. The van der Waals surface area contributed by atoms with Crippen molar-refractivity contribution in [2.45, 2.75) is 6.10 Å². The van der Waals surface area contributed by atoms with Gasteiger partial charge in [0, 0.05) is 12.7 Å². The number of benzene rings is 1. The number of nitrogens with zero attached hydrogens (tertiary/aromatic N) is 1. The van der Waals surface area contributed by atoms with Crippen LogP contribution in [0.15, 0.2) is 30.5 Å². The van der Waals surface area contributed by atoms with E-state index in [1.807, 2.05) is 24.3 Å². The Bertz CT molecular complexity index is 532. The third-order valence-corrected chi connectivity index (χ3v) is 3.66. The highest BCUT2D eigenvalue weighted by molar-refractivity contribution is 7.15. The molecule has 1 aromatic carbocycles. The van der Waals surface area contributed by atoms with E-state index >= 15 is 0 Å². The summed E-state index contributed by atoms with van der Waals surface area (Å²) in [4.78, 5) is 4.09. The number of methoxy groups -OCH3 is 1. The Labute approximate surface area is 120 Å². The zero-order valence-electron chi connectivity index (χ0n) is 10.4. The van der Waals surface area contributed by atoms with Gasteiger partial charge >= 0.3 is 0 Å². The minimum Gasteiger partial charge on any atom is -0.491 e. The van der Waals surface area contributed by atoms with Gasteiger partial charge in [-0.3, -0.25) is 0 Å². The van der Waals surface area contributed by atoms with Crippen LogP contribution in [0.25, 0.3) is 0 Å². The lowest BCUT2D eigenvalue weighted by Gasteiger charge is -2.14. The van der Waals surface area contributed by atoms with Crippen molar-refractivity contribution in [2.75, 3.05) is 20.3 Å². The van der Waals surface area contributed by atoms with E-state index in [4.69, 9.17) is 21.1 Å². The lowest BCUT2D eigenvalue weighted by atomic mass is 10.1. The Kier molecular flexibility index (Phi) is 5.15. The molecule has 2 rings (SSSR count). The van der Waals surface area contributed by atoms with Crippen molar-refractivity contribution in [3.8, 4) is 5.75 Å². The molecule has 1 N–H and O–H groups in total. The van der Waals surface area contributed by atoms with Crippen LogP contribution < -0.4 is 4.74 Å². The van der Waals surface area contributed by atoms with Crippen LogP contribution in [-0.4, -0.2) is 30.4 Å². The van der Waals surface area contributed by atoms with Gasteiger partial charge in [-0.15, -0.1) is 11.3 Å². The number of aromatic nitrogens is 1. The Morgan fingerprint density at radius 1 is 1.37 bits per heavy atom. The third-order valence-electron chi connectivity index (χ3n) is 2.49. The van der Waals surface area contributed by atoms with Crippen molar-refractivity contribution in [2.24, 2.45) is 0 Å². The average Bonchev–Trinajstić information content (AvgIpc) is 2.85. The first kappa shape index (κ1) is 14.3. The molecule has 0 aliphatic heterocycles. The van der Waals surface area contributed by atoms with Gasteiger partial charge in [0.1, 0.15) is 27.8 Å². The number of thiazole rings is 1. The number of hydrogen-bond acceptors (Lipinski definition) is 5. The van der Waals surface area contributed by atoms with E-state index in [1.165, 1.54) is 17.5 Å². The summed E-state index contributed by atoms with van der Waals surface area (Å²) in [5.41, 5.74) is 0.671. The van der Waals surface area contributed by atoms with Crippen LogP contribution in [0, 0.1) is 0 Å². The van der Waals surface area contributed by atoms with Crippen LogP contribution in [0.1, 0.15) is 16.7 Å². The Morgan fingerprint density at radius 3 is 2.84 bits per heavy atom. The molecule has 1 atom stereocenters. The molecule has 19 heavy (non-hydrogen) atoms. The van der Waals surface area contributed by atoms with E-state index in [9.17, 15) is 5.11 Å². The summed E-state index contributed by atoms with van der Waals surface area (Å²) in [6.07, 6.45) is 0.690. The van der Waals surface area contributed by atoms with E-state index < -0.39 is 6.10 Å². The molecule has 0 aliphatic rings. The maximum Gasteiger partial charge on any atom is 0.134 e. The van der Waals surface area contributed by atoms with Crippen molar-refractivity contribution in [3.05, 3.63) is 45.4 Å². The Morgan fingerprint density at radius 2 is 2.16 bits per heavy atom. The van der Waals surface area contributed by atoms with Gasteiger partial charge in [0.2, 0.25) is 0 Å². The molecule has 102 valence electrons. The largest absolute Gasteiger partial charge is 0.491 e. The molecule has 0 amide bonds. The predicted molar refractivity (Wildman–Crippen MR) is 75.0 cm³/mol. The van der Waals surface area contributed by atoms with Crippen molar-refractivity contribution >= 4 is 22.9 Å². The molecule has 1 unspecified atom stereocenters. The van der Waals surface area contributed by atoms with E-state index in [0.29, 0.717) is 33.9 Å². The molecule has 0 spiro atoms. The highest BCUT2D eigenvalue weighted by atomic mass is 35.5. The molecular weight excluding hydrogens is 286 g/mol. The summed E-state index contributed by atoms with van der Waals surface area (Å²) in [5, 5.41) is 10.9. The monoisotopic (exact) mass is 299 g/mol. The molecule has 1 heterocycles. The molecular formula is C13H14ClNO3S.